The number of thiol groups is 1. The standard InChI is InChI=1S/C22H34N4O5S/c1-12(2)17(20(28)24-16(11-32)22(30)31)26-21(29)18(13(3)4)25-19(27)15(23)10-14-8-6-5-7-9-14/h5-9,12-13,15-18,32H,10-11,23H2,1-4H3,(H,24,28)(H,25,27)(H,26,29)(H,30,31). The molecule has 0 saturated heterocycles. The van der Waals surface area contributed by atoms with Gasteiger partial charge in [-0.1, -0.05) is 58.0 Å². The van der Waals surface area contributed by atoms with E-state index in [0.29, 0.717) is 6.42 Å². The van der Waals surface area contributed by atoms with Gasteiger partial charge in [0.05, 0.1) is 6.04 Å². The zero-order valence-electron chi connectivity index (χ0n) is 18.9. The first-order valence-corrected chi connectivity index (χ1v) is 11.1. The fourth-order valence-electron chi connectivity index (χ4n) is 2.98. The zero-order chi connectivity index (χ0) is 24.4. The summed E-state index contributed by atoms with van der Waals surface area (Å²) in [5.74, 6) is -3.57. The first kappa shape index (κ1) is 27.4. The summed E-state index contributed by atoms with van der Waals surface area (Å²) < 4.78 is 0. The Kier molecular flexibility index (Phi) is 11.2. The van der Waals surface area contributed by atoms with Crippen LogP contribution >= 0.6 is 12.6 Å². The molecule has 3 amide bonds. The van der Waals surface area contributed by atoms with Gasteiger partial charge in [0.2, 0.25) is 17.7 Å². The Morgan fingerprint density at radius 2 is 1.34 bits per heavy atom. The highest BCUT2D eigenvalue weighted by Crippen LogP contribution is 2.09. The third-order valence-corrected chi connectivity index (χ3v) is 5.29. The summed E-state index contributed by atoms with van der Waals surface area (Å²) in [6.07, 6.45) is 0.316. The first-order valence-electron chi connectivity index (χ1n) is 10.5. The van der Waals surface area contributed by atoms with Crippen LogP contribution in [0.2, 0.25) is 0 Å². The van der Waals surface area contributed by atoms with Gasteiger partial charge in [0.25, 0.3) is 0 Å². The molecule has 0 bridgehead atoms. The number of nitrogens with one attached hydrogen (secondary N) is 3. The van der Waals surface area contributed by atoms with Crippen LogP contribution in [0.25, 0.3) is 0 Å². The van der Waals surface area contributed by atoms with Crippen LogP contribution in [0.5, 0.6) is 0 Å². The van der Waals surface area contributed by atoms with Gasteiger partial charge in [0.15, 0.2) is 0 Å². The van der Waals surface area contributed by atoms with E-state index in [1.54, 1.807) is 27.7 Å². The van der Waals surface area contributed by atoms with E-state index in [0.717, 1.165) is 5.56 Å². The molecule has 32 heavy (non-hydrogen) atoms. The van der Waals surface area contributed by atoms with Gasteiger partial charge in [-0.05, 0) is 23.8 Å². The molecule has 4 unspecified atom stereocenters. The number of rotatable bonds is 12. The van der Waals surface area contributed by atoms with E-state index < -0.39 is 47.9 Å². The summed E-state index contributed by atoms with van der Waals surface area (Å²) in [7, 11) is 0. The van der Waals surface area contributed by atoms with Crippen molar-refractivity contribution in [1.29, 1.82) is 0 Å². The van der Waals surface area contributed by atoms with E-state index in [2.05, 4.69) is 28.6 Å². The Morgan fingerprint density at radius 1 is 0.875 bits per heavy atom. The highest BCUT2D eigenvalue weighted by Gasteiger charge is 2.32. The van der Waals surface area contributed by atoms with Crippen molar-refractivity contribution in [2.75, 3.05) is 5.75 Å². The molecule has 0 aliphatic rings. The normalized spacial score (nSPS) is 14.9. The summed E-state index contributed by atoms with van der Waals surface area (Å²) in [4.78, 5) is 49.3. The van der Waals surface area contributed by atoms with Crippen LogP contribution < -0.4 is 21.7 Å². The second-order valence-corrected chi connectivity index (χ2v) is 8.70. The molecule has 0 radical (unpaired) electrons. The molecule has 6 N–H and O–H groups in total. The molecule has 1 aromatic carbocycles. The van der Waals surface area contributed by atoms with Gasteiger partial charge >= 0.3 is 5.97 Å². The first-order chi connectivity index (χ1) is 15.0. The highest BCUT2D eigenvalue weighted by atomic mass is 32.1. The maximum atomic E-state index is 12.9. The lowest BCUT2D eigenvalue weighted by molar-refractivity contribution is -0.142. The van der Waals surface area contributed by atoms with Crippen LogP contribution in [0.15, 0.2) is 30.3 Å². The van der Waals surface area contributed by atoms with Crippen molar-refractivity contribution in [2.45, 2.75) is 58.3 Å². The van der Waals surface area contributed by atoms with E-state index >= 15 is 0 Å². The number of hydrogen-bond donors (Lipinski definition) is 6. The average Bonchev–Trinajstić information content (AvgIpc) is 2.73. The van der Waals surface area contributed by atoms with Gasteiger partial charge in [0.1, 0.15) is 18.1 Å². The Hall–Kier alpha value is -2.59. The monoisotopic (exact) mass is 466 g/mol. The second-order valence-electron chi connectivity index (χ2n) is 8.34. The topological polar surface area (TPSA) is 151 Å². The summed E-state index contributed by atoms with van der Waals surface area (Å²) in [6.45, 7) is 6.97. The maximum Gasteiger partial charge on any atom is 0.327 e. The molecule has 0 aliphatic carbocycles. The van der Waals surface area contributed by atoms with Crippen molar-refractivity contribution in [3.8, 4) is 0 Å². The Bertz CT molecular complexity index is 788. The summed E-state index contributed by atoms with van der Waals surface area (Å²) in [5, 5.41) is 16.8. The molecular formula is C22H34N4O5S. The van der Waals surface area contributed by atoms with Gasteiger partial charge < -0.3 is 26.8 Å². The Balaban J connectivity index is 2.85. The minimum Gasteiger partial charge on any atom is -0.480 e. The van der Waals surface area contributed by atoms with E-state index in [9.17, 15) is 19.2 Å². The average molecular weight is 467 g/mol. The number of hydrogen-bond acceptors (Lipinski definition) is 6. The molecule has 0 spiro atoms. The number of aliphatic carboxylic acids is 1. The lowest BCUT2D eigenvalue weighted by Gasteiger charge is -2.28. The van der Waals surface area contributed by atoms with Gasteiger partial charge in [0, 0.05) is 5.75 Å². The molecular weight excluding hydrogens is 432 g/mol. The number of carboxylic acid groups (broad SMARTS) is 1. The van der Waals surface area contributed by atoms with Crippen LogP contribution in [0, 0.1) is 11.8 Å². The molecule has 178 valence electrons. The molecule has 1 aromatic rings. The van der Waals surface area contributed by atoms with E-state index in [4.69, 9.17) is 10.8 Å². The molecule has 0 saturated carbocycles. The summed E-state index contributed by atoms with van der Waals surface area (Å²) >= 11 is 3.93. The van der Waals surface area contributed by atoms with Crippen molar-refractivity contribution >= 4 is 36.3 Å². The second kappa shape index (κ2) is 13.1. The van der Waals surface area contributed by atoms with Gasteiger partial charge in [-0.3, -0.25) is 14.4 Å². The number of nitrogens with two attached hydrogens (primary N) is 1. The lowest BCUT2D eigenvalue weighted by atomic mass is 9.98. The zero-order valence-corrected chi connectivity index (χ0v) is 19.8. The predicted molar refractivity (Wildman–Crippen MR) is 125 cm³/mol. The molecule has 0 aliphatic heterocycles. The third-order valence-electron chi connectivity index (χ3n) is 4.93. The number of carbonyl (C=O) groups is 4. The summed E-state index contributed by atoms with van der Waals surface area (Å²) in [5.41, 5.74) is 6.92. The molecule has 0 aromatic heterocycles. The lowest BCUT2D eigenvalue weighted by Crippen LogP contribution is -2.59. The Labute approximate surface area is 194 Å². The van der Waals surface area contributed by atoms with Crippen LogP contribution in [-0.4, -0.2) is 58.7 Å². The quantitative estimate of drug-likeness (QED) is 0.245. The van der Waals surface area contributed by atoms with Gasteiger partial charge in [-0.2, -0.15) is 12.6 Å². The maximum absolute atomic E-state index is 12.9. The summed E-state index contributed by atoms with van der Waals surface area (Å²) in [6, 6.07) is 5.36. The van der Waals surface area contributed by atoms with Crippen molar-refractivity contribution in [3.63, 3.8) is 0 Å². The van der Waals surface area contributed by atoms with Crippen LogP contribution in [-0.2, 0) is 25.6 Å². The van der Waals surface area contributed by atoms with E-state index in [-0.39, 0.29) is 17.6 Å². The number of amides is 3. The minimum atomic E-state index is -1.22. The van der Waals surface area contributed by atoms with Crippen LogP contribution in [0.4, 0.5) is 0 Å². The predicted octanol–water partition coefficient (Wildman–Crippen LogP) is 0.337. The number of carbonyl (C=O) groups excluding carboxylic acids is 3. The molecule has 0 fully saturated rings. The van der Waals surface area contributed by atoms with Crippen molar-refractivity contribution in [3.05, 3.63) is 35.9 Å². The van der Waals surface area contributed by atoms with Crippen LogP contribution in [0.3, 0.4) is 0 Å². The Morgan fingerprint density at radius 3 is 1.78 bits per heavy atom. The van der Waals surface area contributed by atoms with E-state index in [1.807, 2.05) is 30.3 Å². The molecule has 10 heteroatoms. The fraction of sp³-hybridized carbons (Fsp3) is 0.545. The molecule has 9 nitrogen and oxygen atoms in total. The largest absolute Gasteiger partial charge is 0.480 e. The number of carboxylic acids is 1. The fourth-order valence-corrected chi connectivity index (χ4v) is 3.23. The van der Waals surface area contributed by atoms with Crippen molar-refractivity contribution in [2.24, 2.45) is 17.6 Å². The van der Waals surface area contributed by atoms with Crippen molar-refractivity contribution in [1.82, 2.24) is 16.0 Å². The third kappa shape index (κ3) is 8.51. The van der Waals surface area contributed by atoms with Gasteiger partial charge in [-0.15, -0.1) is 0 Å². The minimum absolute atomic E-state index is 0.0934. The molecule has 1 rings (SSSR count). The van der Waals surface area contributed by atoms with Gasteiger partial charge in [-0.25, -0.2) is 4.79 Å². The SMILES string of the molecule is CC(C)C(NC(=O)C(N)Cc1ccccc1)C(=O)NC(C(=O)NC(CS)C(=O)O)C(C)C. The van der Waals surface area contributed by atoms with Crippen molar-refractivity contribution < 1.29 is 24.3 Å². The highest BCUT2D eigenvalue weighted by molar-refractivity contribution is 7.80. The molecule has 4 atom stereocenters. The smallest absolute Gasteiger partial charge is 0.327 e. The van der Waals surface area contributed by atoms with E-state index in [1.165, 1.54) is 0 Å². The number of benzene rings is 1. The molecule has 0 heterocycles. The van der Waals surface area contributed by atoms with Crippen LogP contribution in [0.1, 0.15) is 33.3 Å².